The van der Waals surface area contributed by atoms with E-state index >= 15 is 0 Å². The lowest BCUT2D eigenvalue weighted by molar-refractivity contribution is 0.393. The molecule has 0 aromatic heterocycles. The summed E-state index contributed by atoms with van der Waals surface area (Å²) in [4.78, 5) is 0. The van der Waals surface area contributed by atoms with Crippen LogP contribution in [0.15, 0.2) is 43.0 Å². The zero-order valence-corrected chi connectivity index (χ0v) is 10.6. The number of methoxy groups -OCH3 is 2. The molecule has 0 N–H and O–H groups in total. The van der Waals surface area contributed by atoms with Crippen LogP contribution in [-0.2, 0) is 6.42 Å². The Labute approximate surface area is 104 Å². The Hall–Kier alpha value is -1.70. The number of ether oxygens (including phenoxy) is 2. The minimum Gasteiger partial charge on any atom is -0.497 e. The normalized spacial score (nSPS) is 10.5. The van der Waals surface area contributed by atoms with Crippen molar-refractivity contribution in [3.8, 4) is 11.5 Å². The van der Waals surface area contributed by atoms with E-state index in [1.807, 2.05) is 12.1 Å². The van der Waals surface area contributed by atoms with Crippen LogP contribution >= 0.6 is 0 Å². The van der Waals surface area contributed by atoms with E-state index in [0.717, 1.165) is 30.8 Å². The molecule has 0 spiro atoms. The first-order chi connectivity index (χ1) is 8.30. The van der Waals surface area contributed by atoms with Crippen LogP contribution in [0.4, 0.5) is 0 Å². The van der Waals surface area contributed by atoms with Crippen LogP contribution < -0.4 is 9.47 Å². The highest BCUT2D eigenvalue weighted by Gasteiger charge is 2.01. The van der Waals surface area contributed by atoms with E-state index in [-0.39, 0.29) is 0 Å². The standard InChI is InChI=1S/C15H20O2/c1-4-5-6-7-8-9-13-10-14(16-2)12-15(11-13)17-3/h4-6,10-12H,1,7-9H2,2-3H3/b6-5+. The summed E-state index contributed by atoms with van der Waals surface area (Å²) in [5, 5.41) is 0. The Balaban J connectivity index is 2.57. The molecule has 0 unspecified atom stereocenters. The summed E-state index contributed by atoms with van der Waals surface area (Å²) in [6.07, 6.45) is 9.10. The van der Waals surface area contributed by atoms with Crippen molar-refractivity contribution in [1.29, 1.82) is 0 Å². The smallest absolute Gasteiger partial charge is 0.122 e. The Morgan fingerprint density at radius 1 is 1.12 bits per heavy atom. The molecule has 0 atom stereocenters. The van der Waals surface area contributed by atoms with Crippen LogP contribution in [0.3, 0.4) is 0 Å². The lowest BCUT2D eigenvalue weighted by Crippen LogP contribution is -1.91. The number of hydrogen-bond acceptors (Lipinski definition) is 2. The van der Waals surface area contributed by atoms with Crippen LogP contribution in [-0.4, -0.2) is 14.2 Å². The van der Waals surface area contributed by atoms with Gasteiger partial charge in [-0.05, 0) is 37.0 Å². The molecule has 0 fully saturated rings. The van der Waals surface area contributed by atoms with Gasteiger partial charge in [-0.25, -0.2) is 0 Å². The van der Waals surface area contributed by atoms with E-state index in [4.69, 9.17) is 9.47 Å². The molecule has 92 valence electrons. The van der Waals surface area contributed by atoms with E-state index in [1.54, 1.807) is 20.3 Å². The first-order valence-electron chi connectivity index (χ1n) is 5.79. The Morgan fingerprint density at radius 3 is 2.29 bits per heavy atom. The maximum Gasteiger partial charge on any atom is 0.122 e. The molecule has 0 amide bonds. The summed E-state index contributed by atoms with van der Waals surface area (Å²) < 4.78 is 10.5. The van der Waals surface area contributed by atoms with Gasteiger partial charge in [0.05, 0.1) is 14.2 Å². The lowest BCUT2D eigenvalue weighted by atomic mass is 10.1. The first-order valence-corrected chi connectivity index (χ1v) is 5.79. The fourth-order valence-corrected chi connectivity index (χ4v) is 1.63. The average Bonchev–Trinajstić information content (AvgIpc) is 2.38. The van der Waals surface area contributed by atoms with Gasteiger partial charge in [-0.15, -0.1) is 0 Å². The van der Waals surface area contributed by atoms with Crippen LogP contribution in [0, 0.1) is 0 Å². The van der Waals surface area contributed by atoms with E-state index in [1.165, 1.54) is 5.56 Å². The van der Waals surface area contributed by atoms with Gasteiger partial charge in [-0.3, -0.25) is 0 Å². The molecule has 0 saturated heterocycles. The van der Waals surface area contributed by atoms with Crippen molar-refractivity contribution in [2.24, 2.45) is 0 Å². The molecule has 0 radical (unpaired) electrons. The van der Waals surface area contributed by atoms with Crippen molar-refractivity contribution in [3.63, 3.8) is 0 Å². The van der Waals surface area contributed by atoms with Gasteiger partial charge in [-0.2, -0.15) is 0 Å². The third-order valence-corrected chi connectivity index (χ3v) is 2.52. The topological polar surface area (TPSA) is 18.5 Å². The highest BCUT2D eigenvalue weighted by Crippen LogP contribution is 2.23. The SMILES string of the molecule is C=C/C=C/CCCc1cc(OC)cc(OC)c1. The average molecular weight is 232 g/mol. The van der Waals surface area contributed by atoms with Gasteiger partial charge < -0.3 is 9.47 Å². The third kappa shape index (κ3) is 4.77. The second-order valence-corrected chi connectivity index (χ2v) is 3.78. The Kier molecular flexibility index (Phi) is 5.94. The van der Waals surface area contributed by atoms with Gasteiger partial charge in [0.15, 0.2) is 0 Å². The minimum absolute atomic E-state index is 0.848. The number of allylic oxidation sites excluding steroid dienone is 3. The lowest BCUT2D eigenvalue weighted by Gasteiger charge is -2.07. The third-order valence-electron chi connectivity index (χ3n) is 2.52. The second-order valence-electron chi connectivity index (χ2n) is 3.78. The van der Waals surface area contributed by atoms with Crippen molar-refractivity contribution in [2.75, 3.05) is 14.2 Å². The molecule has 2 heteroatoms. The van der Waals surface area contributed by atoms with Crippen LogP contribution in [0.25, 0.3) is 0 Å². The van der Waals surface area contributed by atoms with E-state index in [9.17, 15) is 0 Å². The molecular weight excluding hydrogens is 212 g/mol. The van der Waals surface area contributed by atoms with Gasteiger partial charge in [-0.1, -0.05) is 24.8 Å². The van der Waals surface area contributed by atoms with Gasteiger partial charge in [0, 0.05) is 6.07 Å². The second kappa shape index (κ2) is 7.55. The first kappa shape index (κ1) is 13.4. The number of unbranched alkanes of at least 4 members (excludes halogenated alkanes) is 1. The monoisotopic (exact) mass is 232 g/mol. The van der Waals surface area contributed by atoms with E-state index < -0.39 is 0 Å². The molecule has 1 aromatic rings. The fraction of sp³-hybridized carbons (Fsp3) is 0.333. The Morgan fingerprint density at radius 2 is 1.76 bits per heavy atom. The molecule has 1 aromatic carbocycles. The van der Waals surface area contributed by atoms with Crippen molar-refractivity contribution in [1.82, 2.24) is 0 Å². The summed E-state index contributed by atoms with van der Waals surface area (Å²) in [6, 6.07) is 6.00. The van der Waals surface area contributed by atoms with Crippen molar-refractivity contribution < 1.29 is 9.47 Å². The van der Waals surface area contributed by atoms with Gasteiger partial charge in [0.1, 0.15) is 11.5 Å². The zero-order valence-electron chi connectivity index (χ0n) is 10.6. The predicted octanol–water partition coefficient (Wildman–Crippen LogP) is 3.77. The van der Waals surface area contributed by atoms with Gasteiger partial charge in [0.2, 0.25) is 0 Å². The van der Waals surface area contributed by atoms with Gasteiger partial charge in [0.25, 0.3) is 0 Å². The van der Waals surface area contributed by atoms with E-state index in [0.29, 0.717) is 0 Å². The number of aryl methyl sites for hydroxylation is 1. The quantitative estimate of drug-likeness (QED) is 0.526. The maximum atomic E-state index is 5.23. The minimum atomic E-state index is 0.848. The molecule has 0 saturated carbocycles. The summed E-state index contributed by atoms with van der Waals surface area (Å²) >= 11 is 0. The molecule has 1 rings (SSSR count). The van der Waals surface area contributed by atoms with Crippen molar-refractivity contribution in [2.45, 2.75) is 19.3 Å². The molecule has 0 heterocycles. The van der Waals surface area contributed by atoms with Gasteiger partial charge >= 0.3 is 0 Å². The summed E-state index contributed by atoms with van der Waals surface area (Å²) in [5.74, 6) is 1.70. The highest BCUT2D eigenvalue weighted by atomic mass is 16.5. The largest absolute Gasteiger partial charge is 0.497 e. The van der Waals surface area contributed by atoms with Crippen LogP contribution in [0.2, 0.25) is 0 Å². The molecule has 0 aliphatic carbocycles. The predicted molar refractivity (Wildman–Crippen MR) is 71.8 cm³/mol. The fourth-order valence-electron chi connectivity index (χ4n) is 1.63. The molecule has 0 bridgehead atoms. The maximum absolute atomic E-state index is 5.23. The number of benzene rings is 1. The molecule has 17 heavy (non-hydrogen) atoms. The van der Waals surface area contributed by atoms with Crippen LogP contribution in [0.1, 0.15) is 18.4 Å². The van der Waals surface area contributed by atoms with Crippen molar-refractivity contribution in [3.05, 3.63) is 48.6 Å². The number of hydrogen-bond donors (Lipinski definition) is 0. The van der Waals surface area contributed by atoms with Crippen LogP contribution in [0.5, 0.6) is 11.5 Å². The molecule has 2 nitrogen and oxygen atoms in total. The molecular formula is C15H20O2. The highest BCUT2D eigenvalue weighted by molar-refractivity contribution is 5.38. The summed E-state index contributed by atoms with van der Waals surface area (Å²) in [6.45, 7) is 3.64. The van der Waals surface area contributed by atoms with E-state index in [2.05, 4.69) is 24.8 Å². The zero-order chi connectivity index (χ0) is 12.5. The summed E-state index contributed by atoms with van der Waals surface area (Å²) in [5.41, 5.74) is 1.24. The molecule has 0 aliphatic rings. The summed E-state index contributed by atoms with van der Waals surface area (Å²) in [7, 11) is 3.34. The number of rotatable bonds is 7. The van der Waals surface area contributed by atoms with Crippen molar-refractivity contribution >= 4 is 0 Å². The Bertz CT molecular complexity index is 358. The molecule has 0 aliphatic heterocycles.